The molecule has 1 unspecified atom stereocenters. The Labute approximate surface area is 98.6 Å². The van der Waals surface area contributed by atoms with Gasteiger partial charge < -0.3 is 10.1 Å². The van der Waals surface area contributed by atoms with Crippen molar-refractivity contribution in [1.29, 1.82) is 0 Å². The van der Waals surface area contributed by atoms with Gasteiger partial charge in [-0.25, -0.2) is 4.98 Å². The Balaban J connectivity index is 2.41. The summed E-state index contributed by atoms with van der Waals surface area (Å²) >= 11 is 0. The normalized spacial score (nSPS) is 12.4. The molecule has 2 heterocycles. The van der Waals surface area contributed by atoms with Crippen LogP contribution in [-0.2, 0) is 4.79 Å². The van der Waals surface area contributed by atoms with E-state index in [1.165, 1.54) is 0 Å². The third-order valence-corrected chi connectivity index (χ3v) is 2.62. The fourth-order valence-corrected chi connectivity index (χ4v) is 1.59. The number of hydrogen-bond donors (Lipinski definition) is 2. The number of aryl methyl sites for hydroxylation is 1. The first kappa shape index (κ1) is 11.3. The Bertz CT molecular complexity index is 534. The van der Waals surface area contributed by atoms with Gasteiger partial charge in [0.05, 0.1) is 5.69 Å². The van der Waals surface area contributed by atoms with Crippen molar-refractivity contribution >= 4 is 5.97 Å². The second-order valence-electron chi connectivity index (χ2n) is 3.90. The van der Waals surface area contributed by atoms with Crippen LogP contribution in [0.5, 0.6) is 0 Å². The number of nitrogens with zero attached hydrogens (tertiary/aromatic N) is 2. The van der Waals surface area contributed by atoms with Gasteiger partial charge in [-0.05, 0) is 26.0 Å². The Kier molecular flexibility index (Phi) is 2.91. The first-order chi connectivity index (χ1) is 8.09. The Hall–Kier alpha value is -2.17. The lowest BCUT2D eigenvalue weighted by Gasteiger charge is -2.00. The standard InChI is InChI=1S/C12H13N3O2/c1-7(12(16)17)11-14-8(2)10(15-11)9-4-3-5-13-6-9/h3-7H,1-2H3,(H,14,15)(H,16,17). The number of carboxylic acid groups (broad SMARTS) is 1. The van der Waals surface area contributed by atoms with Crippen molar-refractivity contribution < 1.29 is 9.90 Å². The van der Waals surface area contributed by atoms with Gasteiger partial charge in [0.15, 0.2) is 0 Å². The molecule has 2 N–H and O–H groups in total. The van der Waals surface area contributed by atoms with Gasteiger partial charge in [0.1, 0.15) is 11.7 Å². The molecule has 0 aromatic carbocycles. The summed E-state index contributed by atoms with van der Waals surface area (Å²) in [5, 5.41) is 8.93. The number of carboxylic acids is 1. The summed E-state index contributed by atoms with van der Waals surface area (Å²) in [7, 11) is 0. The molecular weight excluding hydrogens is 218 g/mol. The molecule has 0 saturated carbocycles. The molecule has 0 fully saturated rings. The molecule has 0 radical (unpaired) electrons. The highest BCUT2D eigenvalue weighted by molar-refractivity contribution is 5.75. The minimum Gasteiger partial charge on any atom is -0.481 e. The number of rotatable bonds is 3. The lowest BCUT2D eigenvalue weighted by Crippen LogP contribution is -2.08. The largest absolute Gasteiger partial charge is 0.481 e. The summed E-state index contributed by atoms with van der Waals surface area (Å²) in [5.41, 5.74) is 2.48. The van der Waals surface area contributed by atoms with Crippen molar-refractivity contribution in [2.45, 2.75) is 19.8 Å². The number of aliphatic carboxylic acids is 1. The quantitative estimate of drug-likeness (QED) is 0.846. The molecule has 0 aliphatic heterocycles. The predicted octanol–water partition coefficient (Wildman–Crippen LogP) is 1.97. The lowest BCUT2D eigenvalue weighted by atomic mass is 10.2. The second-order valence-corrected chi connectivity index (χ2v) is 3.90. The molecule has 17 heavy (non-hydrogen) atoms. The molecule has 0 saturated heterocycles. The maximum absolute atomic E-state index is 10.9. The second kappa shape index (κ2) is 4.37. The Morgan fingerprint density at radius 3 is 2.88 bits per heavy atom. The monoisotopic (exact) mass is 231 g/mol. The number of nitrogens with one attached hydrogen (secondary N) is 1. The van der Waals surface area contributed by atoms with Crippen molar-refractivity contribution in [3.8, 4) is 11.3 Å². The molecule has 5 heteroatoms. The molecule has 2 aromatic heterocycles. The van der Waals surface area contributed by atoms with Gasteiger partial charge in [0.25, 0.3) is 0 Å². The molecule has 1 atom stereocenters. The highest BCUT2D eigenvalue weighted by Crippen LogP contribution is 2.23. The van der Waals surface area contributed by atoms with Crippen molar-refractivity contribution in [3.05, 3.63) is 36.0 Å². The number of aromatic nitrogens is 3. The van der Waals surface area contributed by atoms with Crippen LogP contribution >= 0.6 is 0 Å². The minimum atomic E-state index is -0.892. The topological polar surface area (TPSA) is 78.9 Å². The molecule has 0 bridgehead atoms. The molecule has 2 rings (SSSR count). The number of imidazole rings is 1. The van der Waals surface area contributed by atoms with E-state index in [4.69, 9.17) is 5.11 Å². The molecule has 0 spiro atoms. The van der Waals surface area contributed by atoms with E-state index in [0.29, 0.717) is 5.82 Å². The minimum absolute atomic E-state index is 0.467. The smallest absolute Gasteiger partial charge is 0.313 e. The number of carbonyl (C=O) groups is 1. The van der Waals surface area contributed by atoms with E-state index in [9.17, 15) is 4.79 Å². The predicted molar refractivity (Wildman–Crippen MR) is 62.6 cm³/mol. The van der Waals surface area contributed by atoms with Crippen LogP contribution in [-0.4, -0.2) is 26.0 Å². The lowest BCUT2D eigenvalue weighted by molar-refractivity contribution is -0.138. The van der Waals surface area contributed by atoms with E-state index in [0.717, 1.165) is 17.0 Å². The van der Waals surface area contributed by atoms with Crippen LogP contribution in [0.25, 0.3) is 11.3 Å². The highest BCUT2D eigenvalue weighted by atomic mass is 16.4. The van der Waals surface area contributed by atoms with Crippen LogP contribution in [0.15, 0.2) is 24.5 Å². The van der Waals surface area contributed by atoms with Gasteiger partial charge in [0.2, 0.25) is 0 Å². The first-order valence-corrected chi connectivity index (χ1v) is 5.29. The average molecular weight is 231 g/mol. The van der Waals surface area contributed by atoms with Crippen LogP contribution < -0.4 is 0 Å². The SMILES string of the molecule is Cc1[nH]c(C(C)C(=O)O)nc1-c1cccnc1. The third-order valence-electron chi connectivity index (χ3n) is 2.62. The van der Waals surface area contributed by atoms with Crippen LogP contribution in [0, 0.1) is 6.92 Å². The van der Waals surface area contributed by atoms with Gasteiger partial charge in [-0.1, -0.05) is 0 Å². The fourth-order valence-electron chi connectivity index (χ4n) is 1.59. The van der Waals surface area contributed by atoms with Crippen molar-refractivity contribution in [3.63, 3.8) is 0 Å². The third kappa shape index (κ3) is 2.18. The van der Waals surface area contributed by atoms with Gasteiger partial charge in [0, 0.05) is 23.7 Å². The average Bonchev–Trinajstić information content (AvgIpc) is 2.71. The molecular formula is C12H13N3O2. The van der Waals surface area contributed by atoms with Crippen molar-refractivity contribution in [2.75, 3.05) is 0 Å². The van der Waals surface area contributed by atoms with Crippen LogP contribution in [0.3, 0.4) is 0 Å². The zero-order valence-corrected chi connectivity index (χ0v) is 9.64. The summed E-state index contributed by atoms with van der Waals surface area (Å²) in [6.45, 7) is 3.47. The molecule has 88 valence electrons. The first-order valence-electron chi connectivity index (χ1n) is 5.29. The maximum atomic E-state index is 10.9. The number of aromatic amines is 1. The van der Waals surface area contributed by atoms with Crippen LogP contribution in [0.1, 0.15) is 24.4 Å². The van der Waals surface area contributed by atoms with Gasteiger partial charge in [-0.2, -0.15) is 0 Å². The summed E-state index contributed by atoms with van der Waals surface area (Å²) in [6, 6.07) is 3.72. The van der Waals surface area contributed by atoms with Gasteiger partial charge in [-0.3, -0.25) is 9.78 Å². The van der Waals surface area contributed by atoms with Gasteiger partial charge >= 0.3 is 5.97 Å². The van der Waals surface area contributed by atoms with Crippen LogP contribution in [0.4, 0.5) is 0 Å². The molecule has 5 nitrogen and oxygen atoms in total. The number of hydrogen-bond acceptors (Lipinski definition) is 3. The van der Waals surface area contributed by atoms with Crippen molar-refractivity contribution in [2.24, 2.45) is 0 Å². The van der Waals surface area contributed by atoms with Crippen LogP contribution in [0.2, 0.25) is 0 Å². The molecule has 0 aliphatic rings. The Morgan fingerprint density at radius 1 is 1.53 bits per heavy atom. The van der Waals surface area contributed by atoms with E-state index in [-0.39, 0.29) is 0 Å². The fraction of sp³-hybridized carbons (Fsp3) is 0.250. The van der Waals surface area contributed by atoms with E-state index in [2.05, 4.69) is 15.0 Å². The zero-order valence-electron chi connectivity index (χ0n) is 9.64. The molecule has 0 aliphatic carbocycles. The number of pyridine rings is 1. The van der Waals surface area contributed by atoms with E-state index in [1.54, 1.807) is 19.3 Å². The molecule has 0 amide bonds. The summed E-state index contributed by atoms with van der Waals surface area (Å²) in [4.78, 5) is 22.2. The summed E-state index contributed by atoms with van der Waals surface area (Å²) in [6.07, 6.45) is 3.39. The Morgan fingerprint density at radius 2 is 2.29 bits per heavy atom. The van der Waals surface area contributed by atoms with Crippen molar-refractivity contribution in [1.82, 2.24) is 15.0 Å². The van der Waals surface area contributed by atoms with E-state index < -0.39 is 11.9 Å². The summed E-state index contributed by atoms with van der Waals surface area (Å²) < 4.78 is 0. The highest BCUT2D eigenvalue weighted by Gasteiger charge is 2.19. The maximum Gasteiger partial charge on any atom is 0.313 e. The van der Waals surface area contributed by atoms with E-state index in [1.807, 2.05) is 19.1 Å². The van der Waals surface area contributed by atoms with E-state index >= 15 is 0 Å². The molecule has 2 aromatic rings. The summed E-state index contributed by atoms with van der Waals surface area (Å²) in [5.74, 6) is -1.07. The zero-order chi connectivity index (χ0) is 12.4. The van der Waals surface area contributed by atoms with Gasteiger partial charge in [-0.15, -0.1) is 0 Å². The number of H-pyrrole nitrogens is 1.